The minimum Gasteiger partial charge on any atom is -0.379 e. The number of unbranched alkanes of at least 4 members (excludes halogenated alkanes) is 1. The highest BCUT2D eigenvalue weighted by atomic mass is 35.5. The van der Waals surface area contributed by atoms with Gasteiger partial charge in [-0.3, -0.25) is 9.69 Å². The second-order valence-corrected chi connectivity index (χ2v) is 8.70. The molecule has 1 aromatic heterocycles. The molecule has 0 atom stereocenters. The minimum atomic E-state index is -0.0396. The number of hydrogen-bond acceptors (Lipinski definition) is 3. The van der Waals surface area contributed by atoms with Crippen LogP contribution in [0.3, 0.4) is 0 Å². The van der Waals surface area contributed by atoms with E-state index in [1.165, 1.54) is 0 Å². The molecule has 7 heteroatoms. The summed E-state index contributed by atoms with van der Waals surface area (Å²) in [5.41, 5.74) is 4.66. The van der Waals surface area contributed by atoms with Crippen molar-refractivity contribution in [3.63, 3.8) is 0 Å². The van der Waals surface area contributed by atoms with Crippen molar-refractivity contribution >= 4 is 53.9 Å². The molecule has 5 nitrogen and oxygen atoms in total. The third-order valence-electron chi connectivity index (χ3n) is 5.81. The van der Waals surface area contributed by atoms with Crippen molar-refractivity contribution in [2.24, 2.45) is 0 Å². The second kappa shape index (κ2) is 10.9. The Morgan fingerprint density at radius 1 is 1.12 bits per heavy atom. The van der Waals surface area contributed by atoms with Gasteiger partial charge in [-0.05, 0) is 49.2 Å². The average Bonchev–Trinajstić information content (AvgIpc) is 3.16. The van der Waals surface area contributed by atoms with Crippen LogP contribution in [0.1, 0.15) is 34.5 Å². The summed E-state index contributed by atoms with van der Waals surface area (Å²) >= 11 is 5.99. The van der Waals surface area contributed by atoms with E-state index >= 15 is 0 Å². The third-order valence-corrected chi connectivity index (χ3v) is 6.06. The van der Waals surface area contributed by atoms with E-state index in [0.29, 0.717) is 17.1 Å². The molecule has 0 bridgehead atoms. The molecule has 1 fully saturated rings. The number of H-pyrrole nitrogens is 1. The molecule has 3 aromatic rings. The Hall–Kier alpha value is -2.54. The SMILES string of the molecule is Bc1ccc2c(C(=O)NCCCCN3CCOCC3)c(/C=C/c3ccc(Cl)cc3)[nH]c2c1. The molecule has 32 heavy (non-hydrogen) atoms. The van der Waals surface area contributed by atoms with Crippen LogP contribution in [0.4, 0.5) is 0 Å². The fourth-order valence-electron chi connectivity index (χ4n) is 4.03. The zero-order chi connectivity index (χ0) is 22.3. The largest absolute Gasteiger partial charge is 0.379 e. The molecule has 1 aliphatic heterocycles. The Morgan fingerprint density at radius 2 is 1.91 bits per heavy atom. The molecule has 2 heterocycles. The van der Waals surface area contributed by atoms with Gasteiger partial charge in [0, 0.05) is 35.6 Å². The molecular weight excluding hydrogens is 421 g/mol. The number of aromatic amines is 1. The summed E-state index contributed by atoms with van der Waals surface area (Å²) in [4.78, 5) is 19.0. The van der Waals surface area contributed by atoms with Gasteiger partial charge >= 0.3 is 0 Å². The third kappa shape index (κ3) is 5.83. The van der Waals surface area contributed by atoms with Crippen molar-refractivity contribution in [2.75, 3.05) is 39.4 Å². The van der Waals surface area contributed by atoms with Gasteiger partial charge in [-0.25, -0.2) is 0 Å². The van der Waals surface area contributed by atoms with Crippen molar-refractivity contribution in [3.8, 4) is 0 Å². The van der Waals surface area contributed by atoms with Gasteiger partial charge in [0.05, 0.1) is 24.5 Å². The fraction of sp³-hybridized carbons (Fsp3) is 0.320. The number of aromatic nitrogens is 1. The highest BCUT2D eigenvalue weighted by Gasteiger charge is 2.17. The molecule has 2 aromatic carbocycles. The van der Waals surface area contributed by atoms with Gasteiger partial charge in [-0.1, -0.05) is 47.4 Å². The average molecular weight is 450 g/mol. The zero-order valence-corrected chi connectivity index (χ0v) is 19.3. The lowest BCUT2D eigenvalue weighted by molar-refractivity contribution is 0.0372. The molecule has 1 amide bonds. The lowest BCUT2D eigenvalue weighted by atomic mass is 9.95. The molecule has 0 radical (unpaired) electrons. The lowest BCUT2D eigenvalue weighted by Crippen LogP contribution is -2.37. The van der Waals surface area contributed by atoms with Crippen molar-refractivity contribution in [1.29, 1.82) is 0 Å². The van der Waals surface area contributed by atoms with Gasteiger partial charge in [-0.2, -0.15) is 0 Å². The molecule has 1 saturated heterocycles. The first-order valence-corrected chi connectivity index (χ1v) is 11.6. The molecule has 4 rings (SSSR count). The predicted octanol–water partition coefficient (Wildman–Crippen LogP) is 3.09. The second-order valence-electron chi connectivity index (χ2n) is 8.26. The van der Waals surface area contributed by atoms with Crippen LogP contribution in [0.25, 0.3) is 23.1 Å². The van der Waals surface area contributed by atoms with Crippen LogP contribution in [-0.2, 0) is 4.74 Å². The maximum atomic E-state index is 13.1. The van der Waals surface area contributed by atoms with Crippen LogP contribution < -0.4 is 10.8 Å². The summed E-state index contributed by atoms with van der Waals surface area (Å²) in [6, 6.07) is 13.8. The van der Waals surface area contributed by atoms with Gasteiger partial charge in [0.2, 0.25) is 0 Å². The van der Waals surface area contributed by atoms with Crippen molar-refractivity contribution < 1.29 is 9.53 Å². The molecule has 166 valence electrons. The standard InChI is InChI=1S/C25H29BClN3O2/c26-19-6-9-21-23(17-19)29-22(10-5-18-3-7-20(27)8-4-18)24(21)25(31)28-11-1-2-12-30-13-15-32-16-14-30/h3-10,17,29H,1-2,11-16,26H2,(H,28,31)/b10-5+. The van der Waals surface area contributed by atoms with E-state index in [2.05, 4.69) is 29.1 Å². The maximum Gasteiger partial charge on any atom is 0.254 e. The molecule has 0 saturated carbocycles. The molecule has 0 spiro atoms. The van der Waals surface area contributed by atoms with Crippen LogP contribution in [0.2, 0.25) is 5.02 Å². The first-order valence-electron chi connectivity index (χ1n) is 11.2. The normalized spacial score (nSPS) is 14.9. The first-order chi connectivity index (χ1) is 15.6. The number of halogens is 1. The van der Waals surface area contributed by atoms with Crippen LogP contribution in [0.15, 0.2) is 42.5 Å². The number of nitrogens with zero attached hydrogens (tertiary/aromatic N) is 1. The van der Waals surface area contributed by atoms with E-state index in [1.54, 1.807) is 0 Å². The van der Waals surface area contributed by atoms with Crippen molar-refractivity contribution in [1.82, 2.24) is 15.2 Å². The monoisotopic (exact) mass is 449 g/mol. The number of carbonyl (C=O) groups is 1. The van der Waals surface area contributed by atoms with Crippen molar-refractivity contribution in [2.45, 2.75) is 12.8 Å². The lowest BCUT2D eigenvalue weighted by Gasteiger charge is -2.26. The predicted molar refractivity (Wildman–Crippen MR) is 136 cm³/mol. The Balaban J connectivity index is 1.44. The smallest absolute Gasteiger partial charge is 0.254 e. The summed E-state index contributed by atoms with van der Waals surface area (Å²) in [5.74, 6) is -0.0396. The Morgan fingerprint density at radius 3 is 2.69 bits per heavy atom. The molecule has 2 N–H and O–H groups in total. The van der Waals surface area contributed by atoms with Gasteiger partial charge in [0.1, 0.15) is 7.85 Å². The number of ether oxygens (including phenoxy) is 1. The maximum absolute atomic E-state index is 13.1. The van der Waals surface area contributed by atoms with Crippen LogP contribution >= 0.6 is 11.6 Å². The van der Waals surface area contributed by atoms with Crippen LogP contribution in [0.5, 0.6) is 0 Å². The van der Waals surface area contributed by atoms with E-state index in [-0.39, 0.29) is 5.91 Å². The van der Waals surface area contributed by atoms with Crippen LogP contribution in [0, 0.1) is 0 Å². The van der Waals surface area contributed by atoms with Gasteiger partial charge < -0.3 is 15.0 Å². The Labute approximate surface area is 195 Å². The van der Waals surface area contributed by atoms with E-state index in [0.717, 1.165) is 73.3 Å². The quantitative estimate of drug-likeness (QED) is 0.410. The van der Waals surface area contributed by atoms with Gasteiger partial charge in [0.15, 0.2) is 0 Å². The van der Waals surface area contributed by atoms with E-state index < -0.39 is 0 Å². The Bertz CT molecular complexity index is 1090. The zero-order valence-electron chi connectivity index (χ0n) is 18.5. The minimum absolute atomic E-state index is 0.0396. The van der Waals surface area contributed by atoms with E-state index in [9.17, 15) is 4.79 Å². The number of amides is 1. The number of rotatable bonds is 8. The number of carbonyl (C=O) groups excluding carboxylic acids is 1. The molecule has 1 aliphatic rings. The van der Waals surface area contributed by atoms with E-state index in [1.807, 2.05) is 48.6 Å². The van der Waals surface area contributed by atoms with E-state index in [4.69, 9.17) is 16.3 Å². The number of benzene rings is 2. The number of nitrogens with one attached hydrogen (secondary N) is 2. The fourth-order valence-corrected chi connectivity index (χ4v) is 4.16. The van der Waals surface area contributed by atoms with Gasteiger partial charge in [0.25, 0.3) is 5.91 Å². The molecule has 0 unspecified atom stereocenters. The first kappa shape index (κ1) is 22.7. The highest BCUT2D eigenvalue weighted by molar-refractivity contribution is 6.33. The summed E-state index contributed by atoms with van der Waals surface area (Å²) in [7, 11) is 2.05. The topological polar surface area (TPSA) is 57.4 Å². The summed E-state index contributed by atoms with van der Waals surface area (Å²) in [5, 5.41) is 4.77. The van der Waals surface area contributed by atoms with Crippen molar-refractivity contribution in [3.05, 3.63) is 64.3 Å². The number of morpholine rings is 1. The van der Waals surface area contributed by atoms with Gasteiger partial charge in [-0.15, -0.1) is 0 Å². The number of hydrogen-bond donors (Lipinski definition) is 2. The summed E-state index contributed by atoms with van der Waals surface area (Å²) in [6.45, 7) is 5.38. The summed E-state index contributed by atoms with van der Waals surface area (Å²) < 4.78 is 5.39. The number of fused-ring (bicyclic) bond motifs is 1. The molecular formula is C25H29BClN3O2. The Kier molecular flexibility index (Phi) is 7.69. The molecule has 0 aliphatic carbocycles. The highest BCUT2D eigenvalue weighted by Crippen LogP contribution is 2.24. The van der Waals surface area contributed by atoms with Crippen LogP contribution in [-0.4, -0.2) is 63.0 Å². The summed E-state index contributed by atoms with van der Waals surface area (Å²) in [6.07, 6.45) is 5.98.